The number of piperidine rings is 1. The third-order valence-corrected chi connectivity index (χ3v) is 6.19. The van der Waals surface area contributed by atoms with Gasteiger partial charge in [-0.15, -0.1) is 0 Å². The molecule has 7 heteroatoms. The summed E-state index contributed by atoms with van der Waals surface area (Å²) in [4.78, 5) is 26.7. The zero-order chi connectivity index (χ0) is 19.8. The van der Waals surface area contributed by atoms with E-state index in [1.165, 1.54) is 32.2 Å². The Morgan fingerprint density at radius 2 is 1.75 bits per heavy atom. The second kappa shape index (κ2) is 10.8. The van der Waals surface area contributed by atoms with Gasteiger partial charge in [0, 0.05) is 48.8 Å². The lowest BCUT2D eigenvalue weighted by molar-refractivity contribution is 0.0953. The molecule has 0 atom stereocenters. The van der Waals surface area contributed by atoms with Gasteiger partial charge in [-0.3, -0.25) is 4.79 Å². The molecule has 3 rings (SSSR count). The van der Waals surface area contributed by atoms with Crippen LogP contribution in [0.25, 0.3) is 0 Å². The van der Waals surface area contributed by atoms with Crippen LogP contribution in [0.5, 0.6) is 0 Å². The summed E-state index contributed by atoms with van der Waals surface area (Å²) in [6.45, 7) is 4.19. The number of nitrogens with one attached hydrogen (secondary N) is 3. The fraction of sp³-hybridized carbons (Fsp3) is 0.619. The van der Waals surface area contributed by atoms with Crippen LogP contribution in [0.4, 0.5) is 4.79 Å². The van der Waals surface area contributed by atoms with Crippen molar-refractivity contribution in [2.75, 3.05) is 32.7 Å². The highest BCUT2D eigenvalue weighted by atomic mass is 79.9. The Bertz CT molecular complexity index is 656. The summed E-state index contributed by atoms with van der Waals surface area (Å²) in [7, 11) is 0. The normalized spacial score (nSPS) is 18.8. The van der Waals surface area contributed by atoms with Crippen LogP contribution in [0.1, 0.15) is 48.9 Å². The fourth-order valence-electron chi connectivity index (χ4n) is 4.14. The maximum absolute atomic E-state index is 12.1. The van der Waals surface area contributed by atoms with Gasteiger partial charge in [0.05, 0.1) is 0 Å². The number of nitrogens with zero attached hydrogens (tertiary/aromatic N) is 1. The van der Waals surface area contributed by atoms with Gasteiger partial charge < -0.3 is 20.9 Å². The van der Waals surface area contributed by atoms with Crippen molar-refractivity contribution in [3.63, 3.8) is 0 Å². The first-order valence-corrected chi connectivity index (χ1v) is 11.2. The van der Waals surface area contributed by atoms with E-state index in [0.29, 0.717) is 18.7 Å². The molecule has 1 heterocycles. The van der Waals surface area contributed by atoms with Gasteiger partial charge in [-0.1, -0.05) is 34.8 Å². The molecule has 28 heavy (non-hydrogen) atoms. The predicted molar refractivity (Wildman–Crippen MR) is 114 cm³/mol. The minimum Gasteiger partial charge on any atom is -0.350 e. The van der Waals surface area contributed by atoms with Crippen molar-refractivity contribution in [2.24, 2.45) is 5.92 Å². The zero-order valence-electron chi connectivity index (χ0n) is 16.4. The fourth-order valence-corrected chi connectivity index (χ4v) is 4.54. The molecule has 1 saturated heterocycles. The molecule has 3 amide bonds. The van der Waals surface area contributed by atoms with Crippen molar-refractivity contribution >= 4 is 27.9 Å². The first kappa shape index (κ1) is 21.1. The van der Waals surface area contributed by atoms with E-state index in [9.17, 15) is 9.59 Å². The molecule has 154 valence electrons. The molecule has 2 fully saturated rings. The highest BCUT2D eigenvalue weighted by Crippen LogP contribution is 2.26. The highest BCUT2D eigenvalue weighted by Gasteiger charge is 2.24. The number of likely N-dealkylation sites (tertiary alicyclic amines) is 1. The molecule has 1 saturated carbocycles. The first-order chi connectivity index (χ1) is 13.6. The average Bonchev–Trinajstić information content (AvgIpc) is 3.20. The number of urea groups is 1. The van der Waals surface area contributed by atoms with E-state index in [4.69, 9.17) is 0 Å². The van der Waals surface area contributed by atoms with Crippen LogP contribution < -0.4 is 16.0 Å². The Hall–Kier alpha value is -1.60. The molecule has 6 nitrogen and oxygen atoms in total. The molecule has 0 spiro atoms. The minimum atomic E-state index is -0.147. The predicted octanol–water partition coefficient (Wildman–Crippen LogP) is 3.13. The van der Waals surface area contributed by atoms with E-state index < -0.39 is 0 Å². The number of halogens is 1. The van der Waals surface area contributed by atoms with Crippen LogP contribution in [0.2, 0.25) is 0 Å². The van der Waals surface area contributed by atoms with Gasteiger partial charge in [0.25, 0.3) is 5.91 Å². The Labute approximate surface area is 175 Å². The summed E-state index contributed by atoms with van der Waals surface area (Å²) in [5, 5.41) is 8.71. The molecule has 0 unspecified atom stereocenters. The number of carbonyl (C=O) groups is 2. The van der Waals surface area contributed by atoms with E-state index in [0.717, 1.165) is 36.3 Å². The topological polar surface area (TPSA) is 73.5 Å². The van der Waals surface area contributed by atoms with Gasteiger partial charge in [-0.25, -0.2) is 4.79 Å². The van der Waals surface area contributed by atoms with Crippen LogP contribution in [0.15, 0.2) is 28.7 Å². The lowest BCUT2D eigenvalue weighted by atomic mass is 10.0. The second-order valence-corrected chi connectivity index (χ2v) is 8.81. The van der Waals surface area contributed by atoms with Crippen molar-refractivity contribution in [2.45, 2.75) is 44.6 Å². The smallest absolute Gasteiger partial charge is 0.315 e. The summed E-state index contributed by atoms with van der Waals surface area (Å²) < 4.78 is 0.868. The summed E-state index contributed by atoms with van der Waals surface area (Å²) in [5.74, 6) is 0.748. The Balaban J connectivity index is 1.26. The van der Waals surface area contributed by atoms with Gasteiger partial charge >= 0.3 is 6.03 Å². The van der Waals surface area contributed by atoms with E-state index in [1.807, 2.05) is 12.1 Å². The van der Waals surface area contributed by atoms with Crippen molar-refractivity contribution in [3.05, 3.63) is 34.3 Å². The van der Waals surface area contributed by atoms with Crippen LogP contribution in [0, 0.1) is 5.92 Å². The number of rotatable bonds is 7. The quantitative estimate of drug-likeness (QED) is 0.558. The highest BCUT2D eigenvalue weighted by molar-refractivity contribution is 9.10. The third-order valence-electron chi connectivity index (χ3n) is 5.70. The Kier molecular flexibility index (Phi) is 8.15. The Morgan fingerprint density at radius 1 is 1.04 bits per heavy atom. The molecule has 1 aromatic carbocycles. The molecule has 3 N–H and O–H groups in total. The van der Waals surface area contributed by atoms with Crippen LogP contribution in [-0.4, -0.2) is 55.6 Å². The van der Waals surface area contributed by atoms with E-state index in [1.54, 1.807) is 12.1 Å². The Morgan fingerprint density at radius 3 is 2.46 bits per heavy atom. The number of benzene rings is 1. The number of carbonyl (C=O) groups excluding carboxylic acids is 2. The standard InChI is InChI=1S/C21H31BrN4O2/c22-18-7-3-6-17(14-18)20(27)23-10-11-24-21(28)25-19-8-12-26(13-9-19)15-16-4-1-2-5-16/h3,6-7,14,16,19H,1-2,4-5,8-13,15H2,(H,23,27)(H2,24,25,28). The van der Waals surface area contributed by atoms with Gasteiger partial charge in [-0.2, -0.15) is 0 Å². The first-order valence-electron chi connectivity index (χ1n) is 10.4. The SMILES string of the molecule is O=C(NCCNC(=O)c1cccc(Br)c1)NC1CCN(CC2CCCC2)CC1. The molecule has 1 aromatic rings. The number of hydrogen-bond donors (Lipinski definition) is 3. The van der Waals surface area contributed by atoms with Crippen LogP contribution in [-0.2, 0) is 0 Å². The molecule has 1 aliphatic heterocycles. The summed E-state index contributed by atoms with van der Waals surface area (Å²) in [6.07, 6.45) is 7.59. The van der Waals surface area contributed by atoms with E-state index in [2.05, 4.69) is 36.8 Å². The van der Waals surface area contributed by atoms with Gasteiger partial charge in [-0.05, 0) is 49.8 Å². The second-order valence-electron chi connectivity index (χ2n) is 7.89. The van der Waals surface area contributed by atoms with Gasteiger partial charge in [0.1, 0.15) is 0 Å². The molecule has 1 aliphatic carbocycles. The van der Waals surface area contributed by atoms with Crippen molar-refractivity contribution in [1.29, 1.82) is 0 Å². The third kappa shape index (κ3) is 6.78. The zero-order valence-corrected chi connectivity index (χ0v) is 18.0. The van der Waals surface area contributed by atoms with Crippen molar-refractivity contribution < 1.29 is 9.59 Å². The van der Waals surface area contributed by atoms with E-state index in [-0.39, 0.29) is 18.0 Å². The monoisotopic (exact) mass is 450 g/mol. The largest absolute Gasteiger partial charge is 0.350 e. The van der Waals surface area contributed by atoms with Crippen molar-refractivity contribution in [3.8, 4) is 0 Å². The molecule has 0 bridgehead atoms. The lowest BCUT2D eigenvalue weighted by Crippen LogP contribution is -2.49. The molecular weight excluding hydrogens is 420 g/mol. The minimum absolute atomic E-state index is 0.141. The number of amides is 3. The maximum Gasteiger partial charge on any atom is 0.315 e. The summed E-state index contributed by atoms with van der Waals surface area (Å²) >= 11 is 3.36. The van der Waals surface area contributed by atoms with Crippen LogP contribution in [0.3, 0.4) is 0 Å². The summed E-state index contributed by atoms with van der Waals surface area (Å²) in [5.41, 5.74) is 0.600. The van der Waals surface area contributed by atoms with Gasteiger partial charge in [0.2, 0.25) is 0 Å². The lowest BCUT2D eigenvalue weighted by Gasteiger charge is -2.33. The summed E-state index contributed by atoms with van der Waals surface area (Å²) in [6, 6.07) is 7.33. The number of hydrogen-bond acceptors (Lipinski definition) is 3. The average molecular weight is 451 g/mol. The van der Waals surface area contributed by atoms with Crippen molar-refractivity contribution in [1.82, 2.24) is 20.9 Å². The maximum atomic E-state index is 12.1. The molecular formula is C21H31BrN4O2. The molecule has 2 aliphatic rings. The molecule has 0 radical (unpaired) electrons. The van der Waals surface area contributed by atoms with E-state index >= 15 is 0 Å². The van der Waals surface area contributed by atoms with Gasteiger partial charge in [0.15, 0.2) is 0 Å². The molecule has 0 aromatic heterocycles. The van der Waals surface area contributed by atoms with Crippen LogP contribution >= 0.6 is 15.9 Å².